The van der Waals surface area contributed by atoms with E-state index in [-0.39, 0.29) is 23.7 Å². The van der Waals surface area contributed by atoms with E-state index in [4.69, 9.17) is 9.84 Å². The Morgan fingerprint density at radius 1 is 1.24 bits per heavy atom. The minimum Gasteiger partial charge on any atom is -0.465 e. The van der Waals surface area contributed by atoms with Gasteiger partial charge in [0.2, 0.25) is 5.91 Å². The lowest BCUT2D eigenvalue weighted by atomic mass is 10.2. The van der Waals surface area contributed by atoms with E-state index in [2.05, 4.69) is 4.90 Å². The number of carbonyl (C=O) groups excluding carboxylic acids is 1. The molecule has 0 spiro atoms. The number of hydrogen-bond donors (Lipinski definition) is 1. The summed E-state index contributed by atoms with van der Waals surface area (Å²) in [5.41, 5.74) is 0. The van der Waals surface area contributed by atoms with E-state index in [9.17, 15) is 9.59 Å². The molecule has 7 nitrogen and oxygen atoms in total. The van der Waals surface area contributed by atoms with Gasteiger partial charge in [-0.15, -0.1) is 0 Å². The van der Waals surface area contributed by atoms with Crippen molar-refractivity contribution in [1.29, 1.82) is 0 Å². The van der Waals surface area contributed by atoms with Crippen LogP contribution in [0.1, 0.15) is 0 Å². The molecule has 1 N–H and O–H groups in total. The zero-order valence-corrected chi connectivity index (χ0v) is 12.4. The highest BCUT2D eigenvalue weighted by Gasteiger charge is 2.60. The number of likely N-dealkylation sites (tertiary alicyclic amines) is 1. The molecule has 1 aliphatic carbocycles. The van der Waals surface area contributed by atoms with Crippen molar-refractivity contribution in [3.8, 4) is 0 Å². The average molecular weight is 297 g/mol. The molecular weight excluding hydrogens is 274 g/mol. The Labute approximate surface area is 124 Å². The first-order valence-electron chi connectivity index (χ1n) is 7.61. The number of ether oxygens (including phenoxy) is 1. The minimum atomic E-state index is -0.867. The number of hydrogen-bond acceptors (Lipinski definition) is 4. The van der Waals surface area contributed by atoms with Crippen molar-refractivity contribution < 1.29 is 19.4 Å². The molecule has 0 unspecified atom stereocenters. The van der Waals surface area contributed by atoms with E-state index in [1.807, 2.05) is 11.9 Å². The molecule has 0 aromatic rings. The summed E-state index contributed by atoms with van der Waals surface area (Å²) in [7, 11) is 1.85. The van der Waals surface area contributed by atoms with Crippen molar-refractivity contribution in [3.05, 3.63) is 0 Å². The largest absolute Gasteiger partial charge is 0.465 e. The fourth-order valence-corrected chi connectivity index (χ4v) is 3.53. The summed E-state index contributed by atoms with van der Waals surface area (Å²) >= 11 is 0. The minimum absolute atomic E-state index is 0.0512. The van der Waals surface area contributed by atoms with Crippen LogP contribution in [0.25, 0.3) is 0 Å². The fourth-order valence-electron chi connectivity index (χ4n) is 3.53. The lowest BCUT2D eigenvalue weighted by Gasteiger charge is -2.29. The van der Waals surface area contributed by atoms with E-state index in [0.29, 0.717) is 13.1 Å². The molecule has 0 bridgehead atoms. The van der Waals surface area contributed by atoms with E-state index >= 15 is 0 Å². The molecule has 21 heavy (non-hydrogen) atoms. The number of carboxylic acid groups (broad SMARTS) is 1. The van der Waals surface area contributed by atoms with Gasteiger partial charge < -0.3 is 19.6 Å². The number of carbonyl (C=O) groups is 2. The van der Waals surface area contributed by atoms with Crippen molar-refractivity contribution >= 4 is 12.0 Å². The molecule has 3 aliphatic rings. The molecule has 118 valence electrons. The predicted octanol–water partition coefficient (Wildman–Crippen LogP) is -0.367. The molecule has 2 aliphatic heterocycles. The van der Waals surface area contributed by atoms with Crippen molar-refractivity contribution in [2.24, 2.45) is 17.8 Å². The molecule has 2 amide bonds. The van der Waals surface area contributed by atoms with Crippen molar-refractivity contribution in [2.75, 3.05) is 59.5 Å². The van der Waals surface area contributed by atoms with Crippen molar-refractivity contribution in [1.82, 2.24) is 14.7 Å². The van der Waals surface area contributed by atoms with Gasteiger partial charge in [-0.2, -0.15) is 0 Å². The van der Waals surface area contributed by atoms with Gasteiger partial charge in [0.15, 0.2) is 0 Å². The number of rotatable bonds is 4. The van der Waals surface area contributed by atoms with Crippen LogP contribution in [0.4, 0.5) is 4.79 Å². The molecule has 3 atom stereocenters. The van der Waals surface area contributed by atoms with Gasteiger partial charge in [-0.1, -0.05) is 0 Å². The molecule has 7 heteroatoms. The Balaban J connectivity index is 1.41. The van der Waals surface area contributed by atoms with Crippen LogP contribution >= 0.6 is 0 Å². The Morgan fingerprint density at radius 3 is 2.43 bits per heavy atom. The zero-order chi connectivity index (χ0) is 15.0. The van der Waals surface area contributed by atoms with Gasteiger partial charge in [0.25, 0.3) is 0 Å². The Bertz CT molecular complexity index is 412. The first kappa shape index (κ1) is 14.6. The number of piperidine rings is 1. The SMILES string of the molecule is CN(CCN1CCOCC1)C(=O)[C@@H]1[C@@H]2CN(C(=O)O)C[C@@H]21. The van der Waals surface area contributed by atoms with Crippen LogP contribution in [0, 0.1) is 17.8 Å². The monoisotopic (exact) mass is 297 g/mol. The third kappa shape index (κ3) is 2.98. The van der Waals surface area contributed by atoms with Crippen LogP contribution in [0.15, 0.2) is 0 Å². The number of morpholine rings is 1. The maximum absolute atomic E-state index is 12.4. The number of nitrogens with zero attached hydrogens (tertiary/aromatic N) is 3. The second-order valence-electron chi connectivity index (χ2n) is 6.25. The average Bonchev–Trinajstić information content (AvgIpc) is 2.98. The molecular formula is C14H23N3O4. The highest BCUT2D eigenvalue weighted by molar-refractivity contribution is 5.83. The summed E-state index contributed by atoms with van der Waals surface area (Å²) in [6, 6.07) is 0. The summed E-state index contributed by atoms with van der Waals surface area (Å²) in [4.78, 5) is 28.8. The van der Waals surface area contributed by atoms with Crippen LogP contribution in [0.5, 0.6) is 0 Å². The summed E-state index contributed by atoms with van der Waals surface area (Å²) < 4.78 is 5.31. The molecule has 0 radical (unpaired) electrons. The van der Waals surface area contributed by atoms with Crippen LogP contribution in [-0.2, 0) is 9.53 Å². The van der Waals surface area contributed by atoms with E-state index in [1.54, 1.807) is 0 Å². The van der Waals surface area contributed by atoms with Crippen LogP contribution in [0.3, 0.4) is 0 Å². The normalized spacial score (nSPS) is 31.9. The summed E-state index contributed by atoms with van der Waals surface area (Å²) in [6.45, 7) is 6.08. The fraction of sp³-hybridized carbons (Fsp3) is 0.857. The second-order valence-corrected chi connectivity index (χ2v) is 6.25. The van der Waals surface area contributed by atoms with Crippen LogP contribution in [-0.4, -0.2) is 91.3 Å². The van der Waals surface area contributed by atoms with Gasteiger partial charge in [0.05, 0.1) is 13.2 Å². The van der Waals surface area contributed by atoms with E-state index < -0.39 is 6.09 Å². The molecule has 3 fully saturated rings. The highest BCUT2D eigenvalue weighted by atomic mass is 16.5. The quantitative estimate of drug-likeness (QED) is 0.766. The van der Waals surface area contributed by atoms with Gasteiger partial charge in [0, 0.05) is 52.2 Å². The van der Waals surface area contributed by atoms with Gasteiger partial charge in [-0.05, 0) is 11.8 Å². The first-order valence-corrected chi connectivity index (χ1v) is 7.61. The topological polar surface area (TPSA) is 73.3 Å². The Morgan fingerprint density at radius 2 is 1.86 bits per heavy atom. The molecule has 0 aromatic heterocycles. The molecule has 2 saturated heterocycles. The van der Waals surface area contributed by atoms with Gasteiger partial charge in [-0.3, -0.25) is 9.69 Å². The third-order valence-corrected chi connectivity index (χ3v) is 4.98. The van der Waals surface area contributed by atoms with E-state index in [0.717, 1.165) is 39.4 Å². The lowest BCUT2D eigenvalue weighted by Crippen LogP contribution is -2.43. The number of fused-ring (bicyclic) bond motifs is 1. The van der Waals surface area contributed by atoms with Crippen LogP contribution < -0.4 is 0 Å². The van der Waals surface area contributed by atoms with Gasteiger partial charge in [0.1, 0.15) is 0 Å². The third-order valence-electron chi connectivity index (χ3n) is 4.98. The molecule has 3 rings (SSSR count). The standard InChI is InChI=1S/C14H23N3O4/c1-15(2-3-16-4-6-21-7-5-16)13(18)12-10-8-17(14(19)20)9-11(10)12/h10-12H,2-9H2,1H3,(H,19,20)/t10-,11+,12-. The van der Waals surface area contributed by atoms with Crippen molar-refractivity contribution in [3.63, 3.8) is 0 Å². The number of likely N-dealkylation sites (N-methyl/N-ethyl adjacent to an activating group) is 1. The molecule has 1 saturated carbocycles. The first-order chi connectivity index (χ1) is 10.1. The Kier molecular flexibility index (Phi) is 4.03. The van der Waals surface area contributed by atoms with E-state index in [1.165, 1.54) is 4.90 Å². The summed E-state index contributed by atoms with van der Waals surface area (Å²) in [6.07, 6.45) is -0.867. The predicted molar refractivity (Wildman–Crippen MR) is 75.0 cm³/mol. The smallest absolute Gasteiger partial charge is 0.407 e. The summed E-state index contributed by atoms with van der Waals surface area (Å²) in [5, 5.41) is 8.93. The van der Waals surface area contributed by atoms with Crippen molar-refractivity contribution in [2.45, 2.75) is 0 Å². The zero-order valence-electron chi connectivity index (χ0n) is 12.4. The maximum Gasteiger partial charge on any atom is 0.407 e. The molecule has 2 heterocycles. The van der Waals surface area contributed by atoms with Gasteiger partial charge in [-0.25, -0.2) is 4.79 Å². The highest BCUT2D eigenvalue weighted by Crippen LogP contribution is 2.52. The lowest BCUT2D eigenvalue weighted by molar-refractivity contribution is -0.132. The number of amides is 2. The Hall–Kier alpha value is -1.34. The van der Waals surface area contributed by atoms with Gasteiger partial charge >= 0.3 is 6.09 Å². The van der Waals surface area contributed by atoms with Crippen LogP contribution in [0.2, 0.25) is 0 Å². The maximum atomic E-state index is 12.4. The summed E-state index contributed by atoms with van der Waals surface area (Å²) in [5.74, 6) is 0.734. The second kappa shape index (κ2) is 5.81. The molecule has 0 aromatic carbocycles.